The Balaban J connectivity index is 2.77. The fourth-order valence-electron chi connectivity index (χ4n) is 2.56. The van der Waals surface area contributed by atoms with Crippen molar-refractivity contribution < 1.29 is 4.79 Å². The summed E-state index contributed by atoms with van der Waals surface area (Å²) in [5, 5.41) is 0. The van der Waals surface area contributed by atoms with Gasteiger partial charge in [0.15, 0.2) is 5.78 Å². The van der Waals surface area contributed by atoms with Crippen LogP contribution in [-0.2, 0) is 0 Å². The lowest BCUT2D eigenvalue weighted by Gasteiger charge is -2.30. The van der Waals surface area contributed by atoms with Gasteiger partial charge in [-0.25, -0.2) is 0 Å². The molecule has 1 aromatic carbocycles. The van der Waals surface area contributed by atoms with Crippen LogP contribution in [0.25, 0.3) is 0 Å². The molecule has 112 valence electrons. The maximum Gasteiger partial charge on any atom is 0.179 e. The van der Waals surface area contributed by atoms with Crippen molar-refractivity contribution >= 4 is 5.78 Å². The highest BCUT2D eigenvalue weighted by Crippen LogP contribution is 2.15. The summed E-state index contributed by atoms with van der Waals surface area (Å²) in [6, 6.07) is 7.87. The molecule has 0 aliphatic rings. The number of hydrogen-bond acceptors (Lipinski definition) is 2. The van der Waals surface area contributed by atoms with E-state index in [1.54, 1.807) is 0 Å². The minimum Gasteiger partial charge on any atom is -0.294 e. The maximum absolute atomic E-state index is 12.6. The normalized spacial score (nSPS) is 12.9. The number of Topliss-reactive ketones (excluding diaryl/α,β-unsaturated/α-hetero) is 1. The standard InChI is InChI=1S/C18H29NO/c1-6-16(7-2)13-19(8-3)15(5)18(20)17-11-9-14(4)10-12-17/h9-12,15-16H,6-8,13H2,1-5H3. The summed E-state index contributed by atoms with van der Waals surface area (Å²) in [5.41, 5.74) is 2.02. The maximum atomic E-state index is 12.6. The molecular weight excluding hydrogens is 246 g/mol. The van der Waals surface area contributed by atoms with Crippen molar-refractivity contribution in [2.45, 2.75) is 53.5 Å². The number of likely N-dealkylation sites (N-methyl/N-ethyl adjacent to an activating group) is 1. The Hall–Kier alpha value is -1.15. The van der Waals surface area contributed by atoms with E-state index in [1.807, 2.05) is 38.1 Å². The van der Waals surface area contributed by atoms with Gasteiger partial charge in [0, 0.05) is 12.1 Å². The molecule has 20 heavy (non-hydrogen) atoms. The van der Waals surface area contributed by atoms with Crippen LogP contribution in [0, 0.1) is 12.8 Å². The topological polar surface area (TPSA) is 20.3 Å². The van der Waals surface area contributed by atoms with Crippen molar-refractivity contribution in [1.29, 1.82) is 0 Å². The first-order chi connectivity index (χ1) is 9.53. The second-order valence-corrected chi connectivity index (χ2v) is 5.68. The molecule has 0 amide bonds. The molecule has 0 aliphatic heterocycles. The number of aryl methyl sites for hydroxylation is 1. The predicted octanol–water partition coefficient (Wildman–Crippen LogP) is 4.32. The van der Waals surface area contributed by atoms with E-state index >= 15 is 0 Å². The van der Waals surface area contributed by atoms with Crippen molar-refractivity contribution in [3.05, 3.63) is 35.4 Å². The molecule has 0 aromatic heterocycles. The minimum absolute atomic E-state index is 0.0386. The molecule has 0 spiro atoms. The summed E-state index contributed by atoms with van der Waals surface area (Å²) < 4.78 is 0. The molecule has 0 N–H and O–H groups in total. The molecule has 1 rings (SSSR count). The van der Waals surface area contributed by atoms with Crippen LogP contribution in [0.2, 0.25) is 0 Å². The molecule has 0 saturated heterocycles. The van der Waals surface area contributed by atoms with E-state index in [1.165, 1.54) is 18.4 Å². The van der Waals surface area contributed by atoms with Gasteiger partial charge in [0.2, 0.25) is 0 Å². The molecular formula is C18H29NO. The first kappa shape index (κ1) is 16.9. The molecule has 2 nitrogen and oxygen atoms in total. The third-order valence-corrected chi connectivity index (χ3v) is 4.32. The summed E-state index contributed by atoms with van der Waals surface area (Å²) in [7, 11) is 0. The number of carbonyl (C=O) groups is 1. The average molecular weight is 275 g/mol. The Bertz CT molecular complexity index is 406. The van der Waals surface area contributed by atoms with Crippen LogP contribution in [0.4, 0.5) is 0 Å². The molecule has 0 heterocycles. The summed E-state index contributed by atoms with van der Waals surface area (Å²) in [4.78, 5) is 14.9. The van der Waals surface area contributed by atoms with E-state index < -0.39 is 0 Å². The third-order valence-electron chi connectivity index (χ3n) is 4.32. The monoisotopic (exact) mass is 275 g/mol. The van der Waals surface area contributed by atoms with Crippen LogP contribution in [-0.4, -0.2) is 29.8 Å². The Morgan fingerprint density at radius 3 is 2.10 bits per heavy atom. The van der Waals surface area contributed by atoms with Crippen molar-refractivity contribution in [1.82, 2.24) is 4.90 Å². The molecule has 0 bridgehead atoms. The average Bonchev–Trinajstić information content (AvgIpc) is 2.48. The zero-order valence-electron chi connectivity index (χ0n) is 13.6. The molecule has 0 saturated carbocycles. The van der Waals surface area contributed by atoms with Crippen molar-refractivity contribution in [3.63, 3.8) is 0 Å². The summed E-state index contributed by atoms with van der Waals surface area (Å²) in [5.74, 6) is 0.918. The molecule has 1 unspecified atom stereocenters. The van der Waals surface area contributed by atoms with Crippen LogP contribution >= 0.6 is 0 Å². The van der Waals surface area contributed by atoms with E-state index in [9.17, 15) is 4.79 Å². The Labute approximate surface area is 124 Å². The third kappa shape index (κ3) is 4.45. The van der Waals surface area contributed by atoms with Gasteiger partial charge in [0.1, 0.15) is 0 Å². The van der Waals surface area contributed by atoms with Crippen LogP contribution in [0.1, 0.15) is 56.5 Å². The van der Waals surface area contributed by atoms with Crippen LogP contribution < -0.4 is 0 Å². The molecule has 0 fully saturated rings. The quantitative estimate of drug-likeness (QED) is 0.658. The van der Waals surface area contributed by atoms with Crippen molar-refractivity contribution in [3.8, 4) is 0 Å². The predicted molar refractivity (Wildman–Crippen MR) is 86.3 cm³/mol. The highest BCUT2D eigenvalue weighted by atomic mass is 16.1. The lowest BCUT2D eigenvalue weighted by atomic mass is 9.99. The first-order valence-corrected chi connectivity index (χ1v) is 7.88. The van der Waals surface area contributed by atoms with Gasteiger partial charge in [0.25, 0.3) is 0 Å². The van der Waals surface area contributed by atoms with Gasteiger partial charge in [-0.3, -0.25) is 9.69 Å². The summed E-state index contributed by atoms with van der Waals surface area (Å²) in [6.45, 7) is 12.6. The second-order valence-electron chi connectivity index (χ2n) is 5.68. The van der Waals surface area contributed by atoms with E-state index in [4.69, 9.17) is 0 Å². The first-order valence-electron chi connectivity index (χ1n) is 7.88. The van der Waals surface area contributed by atoms with Gasteiger partial charge >= 0.3 is 0 Å². The smallest absolute Gasteiger partial charge is 0.179 e. The lowest BCUT2D eigenvalue weighted by molar-refractivity contribution is 0.0819. The minimum atomic E-state index is -0.0386. The molecule has 2 heteroatoms. The van der Waals surface area contributed by atoms with Gasteiger partial charge in [-0.2, -0.15) is 0 Å². The largest absolute Gasteiger partial charge is 0.294 e. The van der Waals surface area contributed by atoms with Gasteiger partial charge in [0.05, 0.1) is 6.04 Å². The molecule has 1 aromatic rings. The van der Waals surface area contributed by atoms with E-state index in [0.29, 0.717) is 5.92 Å². The number of hydrogen-bond donors (Lipinski definition) is 0. The van der Waals surface area contributed by atoms with E-state index in [2.05, 4.69) is 25.7 Å². The number of nitrogens with zero attached hydrogens (tertiary/aromatic N) is 1. The molecule has 0 radical (unpaired) electrons. The van der Waals surface area contributed by atoms with Crippen molar-refractivity contribution in [2.75, 3.05) is 13.1 Å². The van der Waals surface area contributed by atoms with Crippen molar-refractivity contribution in [2.24, 2.45) is 5.92 Å². The summed E-state index contributed by atoms with van der Waals surface area (Å²) >= 11 is 0. The van der Waals surface area contributed by atoms with E-state index in [-0.39, 0.29) is 11.8 Å². The van der Waals surface area contributed by atoms with Gasteiger partial charge < -0.3 is 0 Å². The van der Waals surface area contributed by atoms with Crippen LogP contribution in [0.15, 0.2) is 24.3 Å². The molecule has 1 atom stereocenters. The number of rotatable bonds is 8. The van der Waals surface area contributed by atoms with Crippen LogP contribution in [0.5, 0.6) is 0 Å². The van der Waals surface area contributed by atoms with Gasteiger partial charge in [-0.1, -0.05) is 63.4 Å². The van der Waals surface area contributed by atoms with Gasteiger partial charge in [-0.15, -0.1) is 0 Å². The lowest BCUT2D eigenvalue weighted by Crippen LogP contribution is -2.41. The number of carbonyl (C=O) groups excluding carboxylic acids is 1. The Kier molecular flexibility index (Phi) is 6.94. The van der Waals surface area contributed by atoms with Crippen LogP contribution in [0.3, 0.4) is 0 Å². The van der Waals surface area contributed by atoms with Gasteiger partial charge in [-0.05, 0) is 26.3 Å². The van der Waals surface area contributed by atoms with E-state index in [0.717, 1.165) is 18.7 Å². The second kappa shape index (κ2) is 8.21. The fraction of sp³-hybridized carbons (Fsp3) is 0.611. The molecule has 0 aliphatic carbocycles. The SMILES string of the molecule is CCC(CC)CN(CC)C(C)C(=O)c1ccc(C)cc1. The number of benzene rings is 1. The summed E-state index contributed by atoms with van der Waals surface area (Å²) in [6.07, 6.45) is 2.36. The Morgan fingerprint density at radius 2 is 1.65 bits per heavy atom. The zero-order valence-corrected chi connectivity index (χ0v) is 13.6. The number of ketones is 1. The highest BCUT2D eigenvalue weighted by Gasteiger charge is 2.22. The zero-order chi connectivity index (χ0) is 15.1. The highest BCUT2D eigenvalue weighted by molar-refractivity contribution is 5.99. The fourth-order valence-corrected chi connectivity index (χ4v) is 2.56. The Morgan fingerprint density at radius 1 is 1.10 bits per heavy atom.